The molecule has 3 rings (SSSR count). The van der Waals surface area contributed by atoms with E-state index in [0.29, 0.717) is 5.75 Å². The largest absolute Gasteiger partial charge is 0.378 e. The van der Waals surface area contributed by atoms with E-state index in [2.05, 4.69) is 14.9 Å². The molecule has 2 aromatic heterocycles. The first-order valence-electron chi connectivity index (χ1n) is 6.38. The van der Waals surface area contributed by atoms with Gasteiger partial charge in [0.1, 0.15) is 12.1 Å². The van der Waals surface area contributed by atoms with Crippen molar-refractivity contribution in [3.05, 3.63) is 35.6 Å². The van der Waals surface area contributed by atoms with Gasteiger partial charge in [0.05, 0.1) is 39.7 Å². The molecule has 0 spiro atoms. The SMILES string of the molecule is O=S(Cc1cc(N2CCOCC2)ncn1)c1cccs1. The molecule has 0 aliphatic carbocycles. The van der Waals surface area contributed by atoms with Gasteiger partial charge in [0.25, 0.3) is 0 Å². The van der Waals surface area contributed by atoms with Crippen LogP contribution in [0, 0.1) is 0 Å². The first-order chi connectivity index (χ1) is 9.83. The molecular formula is C13H15N3O2S2. The van der Waals surface area contributed by atoms with E-state index >= 15 is 0 Å². The van der Waals surface area contributed by atoms with E-state index in [-0.39, 0.29) is 0 Å². The van der Waals surface area contributed by atoms with E-state index in [1.165, 1.54) is 11.3 Å². The predicted octanol–water partition coefficient (Wildman–Crippen LogP) is 1.68. The van der Waals surface area contributed by atoms with Crippen LogP contribution in [0.15, 0.2) is 34.1 Å². The zero-order valence-corrected chi connectivity index (χ0v) is 12.5. The monoisotopic (exact) mass is 309 g/mol. The van der Waals surface area contributed by atoms with Gasteiger partial charge < -0.3 is 9.64 Å². The van der Waals surface area contributed by atoms with Crippen molar-refractivity contribution in [2.24, 2.45) is 0 Å². The molecule has 20 heavy (non-hydrogen) atoms. The van der Waals surface area contributed by atoms with Crippen LogP contribution >= 0.6 is 11.3 Å². The summed E-state index contributed by atoms with van der Waals surface area (Å²) in [6, 6.07) is 5.73. The van der Waals surface area contributed by atoms with Crippen LogP contribution in [0.1, 0.15) is 5.69 Å². The van der Waals surface area contributed by atoms with E-state index in [1.54, 1.807) is 6.33 Å². The second-order valence-electron chi connectivity index (χ2n) is 4.39. The highest BCUT2D eigenvalue weighted by molar-refractivity contribution is 7.86. The Labute approximate surface area is 124 Å². The molecule has 5 nitrogen and oxygen atoms in total. The number of anilines is 1. The quantitative estimate of drug-likeness (QED) is 0.860. The minimum absolute atomic E-state index is 0.431. The third-order valence-electron chi connectivity index (χ3n) is 3.04. The van der Waals surface area contributed by atoms with Crippen molar-refractivity contribution in [1.29, 1.82) is 0 Å². The van der Waals surface area contributed by atoms with E-state index < -0.39 is 10.8 Å². The minimum Gasteiger partial charge on any atom is -0.378 e. The fourth-order valence-corrected chi connectivity index (χ4v) is 4.05. The number of hydrogen-bond acceptors (Lipinski definition) is 6. The lowest BCUT2D eigenvalue weighted by molar-refractivity contribution is 0.122. The van der Waals surface area contributed by atoms with Crippen molar-refractivity contribution in [1.82, 2.24) is 9.97 Å². The topological polar surface area (TPSA) is 55.3 Å². The summed E-state index contributed by atoms with van der Waals surface area (Å²) in [4.78, 5) is 10.7. The molecule has 3 heterocycles. The molecular weight excluding hydrogens is 294 g/mol. The van der Waals surface area contributed by atoms with Gasteiger partial charge >= 0.3 is 0 Å². The van der Waals surface area contributed by atoms with Gasteiger partial charge in [-0.25, -0.2) is 9.97 Å². The lowest BCUT2D eigenvalue weighted by Crippen LogP contribution is -2.36. The average molecular weight is 309 g/mol. The maximum Gasteiger partial charge on any atom is 0.132 e. The first-order valence-corrected chi connectivity index (χ1v) is 8.58. The molecule has 0 N–H and O–H groups in total. The number of morpholine rings is 1. The molecule has 1 unspecified atom stereocenters. The Morgan fingerprint density at radius 3 is 2.95 bits per heavy atom. The van der Waals surface area contributed by atoms with Crippen LogP contribution in [0.3, 0.4) is 0 Å². The Bertz CT molecular complexity index is 583. The summed E-state index contributed by atoms with van der Waals surface area (Å²) in [5.74, 6) is 1.32. The zero-order valence-electron chi connectivity index (χ0n) is 10.9. The first kappa shape index (κ1) is 13.7. The van der Waals surface area contributed by atoms with Crippen LogP contribution in [0.2, 0.25) is 0 Å². The van der Waals surface area contributed by atoms with Crippen molar-refractivity contribution in [2.75, 3.05) is 31.2 Å². The summed E-state index contributed by atoms with van der Waals surface area (Å²) >= 11 is 1.51. The molecule has 106 valence electrons. The summed E-state index contributed by atoms with van der Waals surface area (Å²) in [6.07, 6.45) is 1.55. The fourth-order valence-electron chi connectivity index (χ4n) is 2.03. The van der Waals surface area contributed by atoms with Crippen molar-refractivity contribution >= 4 is 28.0 Å². The zero-order chi connectivity index (χ0) is 13.8. The van der Waals surface area contributed by atoms with Gasteiger partial charge in [0.2, 0.25) is 0 Å². The molecule has 0 amide bonds. The Morgan fingerprint density at radius 1 is 1.35 bits per heavy atom. The third kappa shape index (κ3) is 3.23. The normalized spacial score (nSPS) is 17.1. The summed E-state index contributed by atoms with van der Waals surface area (Å²) in [5.41, 5.74) is 0.813. The molecule has 1 aliphatic rings. The molecule has 0 saturated carbocycles. The number of ether oxygens (including phenoxy) is 1. The standard InChI is InChI=1S/C13H15N3O2S2/c17-20(13-2-1-7-19-13)9-11-8-12(15-10-14-11)16-3-5-18-6-4-16/h1-2,7-8,10H,3-6,9H2. The van der Waals surface area contributed by atoms with E-state index in [9.17, 15) is 4.21 Å². The Balaban J connectivity index is 1.72. The van der Waals surface area contributed by atoms with Gasteiger partial charge in [0.15, 0.2) is 0 Å². The van der Waals surface area contributed by atoms with Crippen LogP contribution in [0.25, 0.3) is 0 Å². The van der Waals surface area contributed by atoms with Gasteiger partial charge in [-0.1, -0.05) is 6.07 Å². The number of rotatable bonds is 4. The van der Waals surface area contributed by atoms with Crippen LogP contribution in [0.5, 0.6) is 0 Å². The maximum absolute atomic E-state index is 12.2. The second kappa shape index (κ2) is 6.43. The second-order valence-corrected chi connectivity index (χ2v) is 7.01. The Morgan fingerprint density at radius 2 is 2.20 bits per heavy atom. The Hall–Kier alpha value is -1.31. The minimum atomic E-state index is -1.03. The average Bonchev–Trinajstić information content (AvgIpc) is 3.03. The highest BCUT2D eigenvalue weighted by Crippen LogP contribution is 2.19. The Kier molecular flexibility index (Phi) is 4.39. The molecule has 2 aromatic rings. The van der Waals surface area contributed by atoms with Gasteiger partial charge in [-0.3, -0.25) is 4.21 Å². The van der Waals surface area contributed by atoms with Gasteiger partial charge in [-0.05, 0) is 11.4 Å². The van der Waals surface area contributed by atoms with Gasteiger partial charge in [-0.2, -0.15) is 0 Å². The van der Waals surface area contributed by atoms with Gasteiger partial charge in [0, 0.05) is 19.2 Å². The summed E-state index contributed by atoms with van der Waals surface area (Å²) in [5, 5.41) is 1.94. The predicted molar refractivity (Wildman–Crippen MR) is 79.5 cm³/mol. The number of aromatic nitrogens is 2. The highest BCUT2D eigenvalue weighted by Gasteiger charge is 2.14. The molecule has 0 bridgehead atoms. The van der Waals surface area contributed by atoms with Gasteiger partial charge in [-0.15, -0.1) is 11.3 Å². The molecule has 7 heteroatoms. The molecule has 1 saturated heterocycles. The number of thiophene rings is 1. The van der Waals surface area contributed by atoms with Crippen molar-refractivity contribution in [3.8, 4) is 0 Å². The maximum atomic E-state index is 12.2. The molecule has 1 aliphatic heterocycles. The summed E-state index contributed by atoms with van der Waals surface area (Å²) in [6.45, 7) is 3.12. The van der Waals surface area contributed by atoms with Crippen molar-refractivity contribution in [2.45, 2.75) is 9.96 Å². The van der Waals surface area contributed by atoms with E-state index in [0.717, 1.165) is 42.0 Å². The molecule has 1 atom stereocenters. The fraction of sp³-hybridized carbons (Fsp3) is 0.385. The van der Waals surface area contributed by atoms with Crippen LogP contribution in [-0.2, 0) is 21.3 Å². The van der Waals surface area contributed by atoms with E-state index in [4.69, 9.17) is 4.74 Å². The lowest BCUT2D eigenvalue weighted by atomic mass is 10.3. The third-order valence-corrected chi connectivity index (χ3v) is 5.69. The molecule has 0 aromatic carbocycles. The van der Waals surface area contributed by atoms with E-state index in [1.807, 2.05) is 23.6 Å². The molecule has 1 fully saturated rings. The van der Waals surface area contributed by atoms with Crippen molar-refractivity contribution < 1.29 is 8.95 Å². The van der Waals surface area contributed by atoms with Crippen LogP contribution < -0.4 is 4.90 Å². The highest BCUT2D eigenvalue weighted by atomic mass is 32.2. The van der Waals surface area contributed by atoms with Crippen molar-refractivity contribution in [3.63, 3.8) is 0 Å². The van der Waals surface area contributed by atoms with Crippen LogP contribution in [0.4, 0.5) is 5.82 Å². The molecule has 0 radical (unpaired) electrons. The lowest BCUT2D eigenvalue weighted by Gasteiger charge is -2.27. The summed E-state index contributed by atoms with van der Waals surface area (Å²) in [7, 11) is -1.03. The summed E-state index contributed by atoms with van der Waals surface area (Å²) < 4.78 is 18.4. The van der Waals surface area contributed by atoms with Crippen LogP contribution in [-0.4, -0.2) is 40.5 Å². The smallest absolute Gasteiger partial charge is 0.132 e. The number of hydrogen-bond donors (Lipinski definition) is 0. The number of nitrogens with zero attached hydrogens (tertiary/aromatic N) is 3.